The molecule has 0 spiro atoms. The first-order valence-corrected chi connectivity index (χ1v) is 7.09. The number of benzene rings is 2. The van der Waals surface area contributed by atoms with Gasteiger partial charge in [-0.15, -0.1) is 0 Å². The summed E-state index contributed by atoms with van der Waals surface area (Å²) in [4.78, 5) is 7.18. The molecular formula is C17H17N3. The first-order valence-electron chi connectivity index (χ1n) is 7.09. The van der Waals surface area contributed by atoms with Gasteiger partial charge in [-0.25, -0.2) is 4.99 Å². The molecule has 0 aliphatic carbocycles. The van der Waals surface area contributed by atoms with E-state index in [-0.39, 0.29) is 6.04 Å². The van der Waals surface area contributed by atoms with E-state index in [0.29, 0.717) is 6.04 Å². The average Bonchev–Trinajstić information content (AvgIpc) is 3.08. The number of hydrogen-bond acceptors (Lipinski definition) is 3. The first-order chi connectivity index (χ1) is 9.90. The molecule has 0 bridgehead atoms. The van der Waals surface area contributed by atoms with Gasteiger partial charge in [0, 0.05) is 13.1 Å². The predicted molar refractivity (Wildman–Crippen MR) is 80.5 cm³/mol. The van der Waals surface area contributed by atoms with Gasteiger partial charge in [-0.2, -0.15) is 0 Å². The van der Waals surface area contributed by atoms with Crippen molar-refractivity contribution in [2.75, 3.05) is 13.1 Å². The molecule has 2 aromatic rings. The van der Waals surface area contributed by atoms with Crippen molar-refractivity contribution in [3.05, 3.63) is 71.8 Å². The topological polar surface area (TPSA) is 27.6 Å². The van der Waals surface area contributed by atoms with Crippen LogP contribution in [-0.2, 0) is 0 Å². The number of hydrogen-bond donors (Lipinski definition) is 1. The summed E-state index contributed by atoms with van der Waals surface area (Å²) in [6.45, 7) is 1.99. The molecule has 20 heavy (non-hydrogen) atoms. The van der Waals surface area contributed by atoms with E-state index in [1.54, 1.807) is 0 Å². The van der Waals surface area contributed by atoms with Crippen LogP contribution in [0.15, 0.2) is 65.7 Å². The Balaban J connectivity index is 1.53. The highest BCUT2D eigenvalue weighted by molar-refractivity contribution is 5.84. The van der Waals surface area contributed by atoms with Crippen LogP contribution in [0.3, 0.4) is 0 Å². The summed E-state index contributed by atoms with van der Waals surface area (Å²) in [5.74, 6) is 1.05. The molecule has 0 radical (unpaired) electrons. The lowest BCUT2D eigenvalue weighted by Gasteiger charge is -2.15. The third kappa shape index (κ3) is 1.95. The van der Waals surface area contributed by atoms with Gasteiger partial charge in [0.15, 0.2) is 5.96 Å². The second-order valence-corrected chi connectivity index (χ2v) is 5.39. The molecule has 0 amide bonds. The second-order valence-electron chi connectivity index (χ2n) is 5.39. The number of nitrogens with zero attached hydrogens (tertiary/aromatic N) is 2. The van der Waals surface area contributed by atoms with Gasteiger partial charge in [0.05, 0.1) is 12.1 Å². The Morgan fingerprint density at radius 1 is 0.850 bits per heavy atom. The molecule has 3 heteroatoms. The molecule has 2 aliphatic rings. The summed E-state index contributed by atoms with van der Waals surface area (Å²) in [5, 5.41) is 3.54. The molecule has 2 aliphatic heterocycles. The third-order valence-electron chi connectivity index (χ3n) is 4.06. The van der Waals surface area contributed by atoms with Crippen LogP contribution in [0.25, 0.3) is 0 Å². The molecule has 1 fully saturated rings. The first kappa shape index (κ1) is 11.5. The van der Waals surface area contributed by atoms with Crippen molar-refractivity contribution in [2.24, 2.45) is 4.99 Å². The van der Waals surface area contributed by atoms with Crippen LogP contribution in [0.1, 0.15) is 23.2 Å². The van der Waals surface area contributed by atoms with Gasteiger partial charge >= 0.3 is 0 Å². The van der Waals surface area contributed by atoms with E-state index in [1.165, 1.54) is 11.1 Å². The number of nitrogens with one attached hydrogen (secondary N) is 1. The molecule has 1 saturated heterocycles. The van der Waals surface area contributed by atoms with Crippen molar-refractivity contribution in [3.8, 4) is 0 Å². The Bertz CT molecular complexity index is 621. The van der Waals surface area contributed by atoms with E-state index in [9.17, 15) is 0 Å². The fourth-order valence-corrected chi connectivity index (χ4v) is 3.01. The van der Waals surface area contributed by atoms with Gasteiger partial charge in [-0.1, -0.05) is 60.7 Å². The summed E-state index contributed by atoms with van der Waals surface area (Å²) >= 11 is 0. The lowest BCUT2D eigenvalue weighted by Crippen LogP contribution is -2.25. The minimum absolute atomic E-state index is 0.274. The maximum Gasteiger partial charge on any atom is 0.195 e. The Morgan fingerprint density at radius 3 is 2.15 bits per heavy atom. The van der Waals surface area contributed by atoms with Gasteiger partial charge in [-0.3, -0.25) is 0 Å². The third-order valence-corrected chi connectivity index (χ3v) is 4.06. The minimum atomic E-state index is 0.274. The monoisotopic (exact) mass is 263 g/mol. The van der Waals surface area contributed by atoms with E-state index >= 15 is 0 Å². The fourth-order valence-electron chi connectivity index (χ4n) is 3.01. The summed E-state index contributed by atoms with van der Waals surface area (Å²) in [6.07, 6.45) is 0. The van der Waals surface area contributed by atoms with E-state index < -0.39 is 0 Å². The molecule has 100 valence electrons. The number of aliphatic imine (C=N–C) groups is 1. The summed E-state index contributed by atoms with van der Waals surface area (Å²) in [5.41, 5.74) is 2.63. The molecule has 2 aromatic carbocycles. The zero-order valence-electron chi connectivity index (χ0n) is 11.2. The summed E-state index contributed by atoms with van der Waals surface area (Å²) in [7, 11) is 0. The van der Waals surface area contributed by atoms with Gasteiger partial charge in [0.25, 0.3) is 0 Å². The maximum atomic E-state index is 4.83. The smallest absolute Gasteiger partial charge is 0.195 e. The van der Waals surface area contributed by atoms with Crippen molar-refractivity contribution in [1.29, 1.82) is 0 Å². The van der Waals surface area contributed by atoms with Crippen molar-refractivity contribution in [1.82, 2.24) is 10.2 Å². The molecule has 0 saturated carbocycles. The van der Waals surface area contributed by atoms with Crippen LogP contribution in [0.5, 0.6) is 0 Å². The summed E-state index contributed by atoms with van der Waals surface area (Å²) in [6, 6.07) is 21.8. The normalized spacial score (nSPS) is 24.2. The largest absolute Gasteiger partial charge is 0.348 e. The molecule has 4 rings (SSSR count). The highest BCUT2D eigenvalue weighted by Crippen LogP contribution is 2.30. The van der Waals surface area contributed by atoms with Gasteiger partial charge in [0.2, 0.25) is 0 Å². The van der Waals surface area contributed by atoms with Gasteiger partial charge < -0.3 is 10.2 Å². The van der Waals surface area contributed by atoms with Crippen molar-refractivity contribution in [2.45, 2.75) is 12.1 Å². The maximum absolute atomic E-state index is 4.83. The molecule has 2 unspecified atom stereocenters. The van der Waals surface area contributed by atoms with Crippen LogP contribution in [0, 0.1) is 0 Å². The van der Waals surface area contributed by atoms with Crippen molar-refractivity contribution >= 4 is 5.96 Å². The quantitative estimate of drug-likeness (QED) is 0.902. The lowest BCUT2D eigenvalue weighted by atomic mass is 10.1. The van der Waals surface area contributed by atoms with Crippen molar-refractivity contribution < 1.29 is 0 Å². The SMILES string of the molecule is c1ccc(C2CN3CC(c4ccccc4)NC3=N2)cc1. The van der Waals surface area contributed by atoms with Crippen LogP contribution in [-0.4, -0.2) is 23.9 Å². The minimum Gasteiger partial charge on any atom is -0.348 e. The van der Waals surface area contributed by atoms with E-state index in [0.717, 1.165) is 19.0 Å². The number of guanidine groups is 1. The van der Waals surface area contributed by atoms with Crippen molar-refractivity contribution in [3.63, 3.8) is 0 Å². The standard InChI is InChI=1S/C17H17N3/c1-3-7-13(8-4-1)15-11-20-12-16(19-17(20)18-15)14-9-5-2-6-10-14/h1-10,15-16H,11-12H2,(H,18,19). The second kappa shape index (κ2) is 4.67. The van der Waals surface area contributed by atoms with E-state index in [2.05, 4.69) is 70.9 Å². The summed E-state index contributed by atoms with van der Waals surface area (Å²) < 4.78 is 0. The van der Waals surface area contributed by atoms with Crippen LogP contribution in [0.2, 0.25) is 0 Å². The van der Waals surface area contributed by atoms with Gasteiger partial charge in [0.1, 0.15) is 0 Å². The molecular weight excluding hydrogens is 246 g/mol. The number of rotatable bonds is 2. The Hall–Kier alpha value is -2.29. The van der Waals surface area contributed by atoms with Crippen LogP contribution in [0.4, 0.5) is 0 Å². The van der Waals surface area contributed by atoms with E-state index in [4.69, 9.17) is 4.99 Å². The molecule has 2 atom stereocenters. The fraction of sp³-hybridized carbons (Fsp3) is 0.235. The molecule has 3 nitrogen and oxygen atoms in total. The van der Waals surface area contributed by atoms with E-state index in [1.807, 2.05) is 0 Å². The lowest BCUT2D eigenvalue weighted by molar-refractivity contribution is 0.433. The van der Waals surface area contributed by atoms with Crippen LogP contribution < -0.4 is 5.32 Å². The van der Waals surface area contributed by atoms with Gasteiger partial charge in [-0.05, 0) is 11.1 Å². The Morgan fingerprint density at radius 2 is 1.50 bits per heavy atom. The average molecular weight is 263 g/mol. The molecule has 1 N–H and O–H groups in total. The zero-order valence-corrected chi connectivity index (χ0v) is 11.2. The Labute approximate surface area is 119 Å². The zero-order chi connectivity index (χ0) is 13.4. The Kier molecular flexibility index (Phi) is 2.69. The highest BCUT2D eigenvalue weighted by atomic mass is 15.4. The number of fused-ring (bicyclic) bond motifs is 1. The highest BCUT2D eigenvalue weighted by Gasteiger charge is 2.34. The van der Waals surface area contributed by atoms with Crippen LogP contribution >= 0.6 is 0 Å². The molecule has 2 heterocycles. The predicted octanol–water partition coefficient (Wildman–Crippen LogP) is 2.74. The molecule has 0 aromatic heterocycles.